The second-order valence-electron chi connectivity index (χ2n) is 4.39. The van der Waals surface area contributed by atoms with E-state index >= 15 is 0 Å². The van der Waals surface area contributed by atoms with Crippen molar-refractivity contribution in [3.8, 4) is 0 Å². The number of rotatable bonds is 4. The molecule has 0 aliphatic carbocycles. The summed E-state index contributed by atoms with van der Waals surface area (Å²) in [4.78, 5) is 4.43. The molecule has 107 valence electrons. The van der Waals surface area contributed by atoms with E-state index in [9.17, 15) is 5.11 Å². The van der Waals surface area contributed by atoms with E-state index in [2.05, 4.69) is 31.6 Å². The third kappa shape index (κ3) is 3.03. The van der Waals surface area contributed by atoms with Crippen molar-refractivity contribution in [3.63, 3.8) is 0 Å². The van der Waals surface area contributed by atoms with E-state index in [1.807, 2.05) is 11.6 Å². The number of aliphatic imine (C=N–C) groups is 1. The van der Waals surface area contributed by atoms with Crippen LogP contribution in [-0.4, -0.2) is 25.1 Å². The Kier molecular flexibility index (Phi) is 5.48. The molecule has 3 rings (SSSR count). The first kappa shape index (κ1) is 16.5. The molecule has 9 heteroatoms. The number of hydrogen-bond donors (Lipinski definition) is 1. The summed E-state index contributed by atoms with van der Waals surface area (Å²) in [5, 5.41) is 22.7. The van der Waals surface area contributed by atoms with Gasteiger partial charge in [-0.25, -0.2) is 4.68 Å². The van der Waals surface area contributed by atoms with E-state index in [0.29, 0.717) is 17.1 Å². The van der Waals surface area contributed by atoms with Crippen molar-refractivity contribution in [1.29, 1.82) is 0 Å². The molecule has 1 aliphatic rings. The average Bonchev–Trinajstić information content (AvgIpc) is 3.11. The van der Waals surface area contributed by atoms with Gasteiger partial charge in [0, 0.05) is 50.9 Å². The quantitative estimate of drug-likeness (QED) is 0.829. The normalized spacial score (nSPS) is 13.4. The van der Waals surface area contributed by atoms with Crippen molar-refractivity contribution in [3.05, 3.63) is 23.1 Å². The fourth-order valence-corrected chi connectivity index (χ4v) is 2.68. The minimum absolute atomic E-state index is 0. The maximum Gasteiger partial charge on any atom is 0.164 e. The molecule has 3 heterocycles. The van der Waals surface area contributed by atoms with Gasteiger partial charge in [-0.2, -0.15) is 9.47 Å². The fourth-order valence-electron chi connectivity index (χ4n) is 2.09. The zero-order chi connectivity index (χ0) is 14.1. The summed E-state index contributed by atoms with van der Waals surface area (Å²) >= 11 is 1.21. The molecule has 0 fully saturated rings. The Morgan fingerprint density at radius 3 is 2.95 bits per heavy atom. The second-order valence-corrected chi connectivity index (χ2v) is 5.17. The smallest absolute Gasteiger partial charge is 0.164 e. The Labute approximate surface area is 151 Å². The van der Waals surface area contributed by atoms with Gasteiger partial charge in [0.1, 0.15) is 11.5 Å². The number of fused-ring (bicyclic) bond motifs is 1. The van der Waals surface area contributed by atoms with Gasteiger partial charge in [-0.1, -0.05) is 6.92 Å². The van der Waals surface area contributed by atoms with E-state index in [1.165, 1.54) is 11.5 Å². The van der Waals surface area contributed by atoms with Crippen LogP contribution in [-0.2, 0) is 45.9 Å². The molecule has 0 saturated heterocycles. The minimum Gasteiger partial charge on any atom is -0.392 e. The van der Waals surface area contributed by atoms with Gasteiger partial charge in [0.2, 0.25) is 0 Å². The summed E-state index contributed by atoms with van der Waals surface area (Å²) in [6, 6.07) is 0. The summed E-state index contributed by atoms with van der Waals surface area (Å²) in [6.45, 7) is 4.47. The fraction of sp³-hybridized carbons (Fsp3) is 0.417. The number of azo groups is 1. The number of nitrogens with zero attached hydrogens (tertiary/aromatic N) is 6. The zero-order valence-corrected chi connectivity index (χ0v) is 15.5. The van der Waals surface area contributed by atoms with E-state index in [1.54, 1.807) is 6.20 Å². The van der Waals surface area contributed by atoms with Gasteiger partial charge < -0.3 is 5.11 Å². The van der Waals surface area contributed by atoms with Crippen molar-refractivity contribution >= 4 is 28.1 Å². The molecule has 0 amide bonds. The first-order valence-corrected chi connectivity index (χ1v) is 7.10. The maximum atomic E-state index is 9.17. The van der Waals surface area contributed by atoms with Crippen molar-refractivity contribution in [2.45, 2.75) is 33.4 Å². The number of aliphatic hydroxyl groups excluding tert-OH is 1. The molecule has 1 N–H and O–H groups in total. The molecule has 7 nitrogen and oxygen atoms in total. The summed E-state index contributed by atoms with van der Waals surface area (Å²) in [6.07, 6.45) is 2.45. The Hall–Kier alpha value is -0.826. The largest absolute Gasteiger partial charge is 0.392 e. The summed E-state index contributed by atoms with van der Waals surface area (Å²) < 4.78 is 5.85. The van der Waals surface area contributed by atoms with E-state index in [-0.39, 0.29) is 39.3 Å². The number of aliphatic hydroxyl groups is 1. The topological polar surface area (TPSA) is 88.0 Å². The van der Waals surface area contributed by atoms with Crippen LogP contribution in [0.3, 0.4) is 0 Å². The predicted octanol–water partition coefficient (Wildman–Crippen LogP) is 2.72. The van der Waals surface area contributed by atoms with Crippen molar-refractivity contribution in [2.75, 3.05) is 0 Å². The molecular weight excluding hydrogens is 365 g/mol. The van der Waals surface area contributed by atoms with Gasteiger partial charge in [-0.3, -0.25) is 4.99 Å². The molecule has 21 heavy (non-hydrogen) atoms. The van der Waals surface area contributed by atoms with Crippen LogP contribution in [0.2, 0.25) is 0 Å². The van der Waals surface area contributed by atoms with Gasteiger partial charge in [0.15, 0.2) is 5.00 Å². The Bertz CT molecular complexity index is 705. The molecule has 0 unspecified atom stereocenters. The monoisotopic (exact) mass is 379 g/mol. The average molecular weight is 379 g/mol. The van der Waals surface area contributed by atoms with E-state index < -0.39 is 0 Å². The molecule has 1 radical (unpaired) electrons. The van der Waals surface area contributed by atoms with Crippen LogP contribution < -0.4 is 0 Å². The van der Waals surface area contributed by atoms with Crippen LogP contribution in [0.4, 0.5) is 10.7 Å². The van der Waals surface area contributed by atoms with Crippen LogP contribution >= 0.6 is 11.5 Å². The maximum absolute atomic E-state index is 9.17. The van der Waals surface area contributed by atoms with Crippen LogP contribution in [0.25, 0.3) is 0 Å². The molecule has 2 aromatic rings. The number of aromatic nitrogens is 3. The molecule has 0 spiro atoms. The third-order valence-electron chi connectivity index (χ3n) is 3.13. The molecule has 0 aromatic carbocycles. The Morgan fingerprint density at radius 1 is 1.43 bits per heavy atom. The number of aryl methyl sites for hydroxylation is 1. The summed E-state index contributed by atoms with van der Waals surface area (Å²) in [7, 11) is 0. The van der Waals surface area contributed by atoms with Gasteiger partial charge in [0.05, 0.1) is 24.5 Å². The van der Waals surface area contributed by atoms with Crippen molar-refractivity contribution in [2.24, 2.45) is 15.2 Å². The predicted molar refractivity (Wildman–Crippen MR) is 76.0 cm³/mol. The SMILES string of the molecule is CCC1=NCc2c(N=Nc3sncc3CO)c(C)nn21.[Y]. The molecule has 0 saturated carbocycles. The molecule has 1 aliphatic heterocycles. The Morgan fingerprint density at radius 2 is 2.24 bits per heavy atom. The molecule has 0 bridgehead atoms. The van der Waals surface area contributed by atoms with Gasteiger partial charge in [-0.05, 0) is 18.5 Å². The molecule has 0 atom stereocenters. The third-order valence-corrected chi connectivity index (χ3v) is 3.85. The first-order chi connectivity index (χ1) is 9.74. The van der Waals surface area contributed by atoms with Gasteiger partial charge in [-0.15, -0.1) is 10.2 Å². The molecular formula is C12H14N6OSY. The van der Waals surface area contributed by atoms with E-state index in [0.717, 1.165) is 29.3 Å². The second kappa shape index (κ2) is 6.96. The molecule has 2 aromatic heterocycles. The van der Waals surface area contributed by atoms with Crippen LogP contribution in [0, 0.1) is 6.92 Å². The summed E-state index contributed by atoms with van der Waals surface area (Å²) in [5.74, 6) is 0.957. The van der Waals surface area contributed by atoms with Gasteiger partial charge in [0.25, 0.3) is 0 Å². The standard InChI is InChI=1S/C12H14N6OS.Y/c1-3-10-13-5-9-11(7(2)17-18(9)10)15-16-12-8(6-19)4-14-20-12;/h4,19H,3,5-6H2,1-2H3;. The van der Waals surface area contributed by atoms with Crippen molar-refractivity contribution < 1.29 is 37.8 Å². The Balaban J connectivity index is 0.00000161. The zero-order valence-electron chi connectivity index (χ0n) is 11.8. The van der Waals surface area contributed by atoms with Gasteiger partial charge >= 0.3 is 0 Å². The van der Waals surface area contributed by atoms with Crippen molar-refractivity contribution in [1.82, 2.24) is 14.2 Å². The number of hydrogen-bond acceptors (Lipinski definition) is 7. The first-order valence-electron chi connectivity index (χ1n) is 6.33. The van der Waals surface area contributed by atoms with Crippen LogP contribution in [0.15, 0.2) is 21.4 Å². The minimum atomic E-state index is -0.0843. The van der Waals surface area contributed by atoms with Crippen LogP contribution in [0.5, 0.6) is 0 Å². The summed E-state index contributed by atoms with van der Waals surface area (Å²) in [5.41, 5.74) is 3.25. The van der Waals surface area contributed by atoms with Crippen LogP contribution in [0.1, 0.15) is 30.3 Å². The van der Waals surface area contributed by atoms with E-state index in [4.69, 9.17) is 0 Å².